The molecule has 2 rings (SSSR count). The van der Waals surface area contributed by atoms with Gasteiger partial charge in [0.1, 0.15) is 11.5 Å². The van der Waals surface area contributed by atoms with Crippen molar-refractivity contribution >= 4 is 35.8 Å². The molecule has 2 aromatic rings. The van der Waals surface area contributed by atoms with E-state index >= 15 is 0 Å². The van der Waals surface area contributed by atoms with Gasteiger partial charge >= 0.3 is 0 Å². The molecule has 0 heterocycles. The molecule has 158 valence electrons. The smallest absolute Gasteiger partial charge is 0.251 e. The highest BCUT2D eigenvalue weighted by atomic mass is 127. The van der Waals surface area contributed by atoms with E-state index in [9.17, 15) is 4.79 Å². The molecule has 29 heavy (non-hydrogen) atoms. The summed E-state index contributed by atoms with van der Waals surface area (Å²) in [5.41, 5.74) is 1.75. The molecule has 0 aliphatic carbocycles. The van der Waals surface area contributed by atoms with Gasteiger partial charge in [0.25, 0.3) is 5.91 Å². The first kappa shape index (κ1) is 24.5. The van der Waals surface area contributed by atoms with E-state index in [0.717, 1.165) is 23.0 Å². The van der Waals surface area contributed by atoms with Crippen molar-refractivity contribution in [1.82, 2.24) is 15.5 Å². The van der Waals surface area contributed by atoms with Crippen LogP contribution in [0.3, 0.4) is 0 Å². The van der Waals surface area contributed by atoms with Crippen molar-refractivity contribution in [3.8, 4) is 11.5 Å². The molecule has 2 aromatic carbocycles. The molecule has 0 spiro atoms. The molecule has 0 aliphatic heterocycles. The maximum absolute atomic E-state index is 12.2. The van der Waals surface area contributed by atoms with Crippen molar-refractivity contribution in [2.75, 3.05) is 41.4 Å². The lowest BCUT2D eigenvalue weighted by Crippen LogP contribution is -2.42. The molecule has 0 radical (unpaired) electrons. The highest BCUT2D eigenvalue weighted by Gasteiger charge is 2.08. The van der Waals surface area contributed by atoms with E-state index in [-0.39, 0.29) is 29.9 Å². The number of benzene rings is 2. The summed E-state index contributed by atoms with van der Waals surface area (Å²) in [4.78, 5) is 18.5. The summed E-state index contributed by atoms with van der Waals surface area (Å²) < 4.78 is 10.3. The van der Waals surface area contributed by atoms with Gasteiger partial charge in [0.05, 0.1) is 14.2 Å². The van der Waals surface area contributed by atoms with Gasteiger partial charge in [-0.15, -0.1) is 24.0 Å². The molecule has 1 amide bonds. The minimum Gasteiger partial charge on any atom is -0.497 e. The van der Waals surface area contributed by atoms with E-state index in [1.807, 2.05) is 36.2 Å². The lowest BCUT2D eigenvalue weighted by Gasteiger charge is -2.22. The number of methoxy groups -OCH3 is 2. The van der Waals surface area contributed by atoms with Gasteiger partial charge in [0.15, 0.2) is 5.96 Å². The number of guanidine groups is 1. The van der Waals surface area contributed by atoms with Gasteiger partial charge in [0, 0.05) is 39.3 Å². The van der Waals surface area contributed by atoms with Gasteiger partial charge in [-0.1, -0.05) is 12.1 Å². The molecular formula is C21H29IN4O3. The number of amides is 1. The average molecular weight is 512 g/mol. The molecule has 8 heteroatoms. The van der Waals surface area contributed by atoms with Crippen molar-refractivity contribution in [1.29, 1.82) is 0 Å². The predicted molar refractivity (Wildman–Crippen MR) is 127 cm³/mol. The van der Waals surface area contributed by atoms with Crippen molar-refractivity contribution in [3.05, 3.63) is 59.7 Å². The minimum absolute atomic E-state index is 0. The number of carbonyl (C=O) groups is 1. The number of aliphatic imine (C=N–C) groups is 1. The summed E-state index contributed by atoms with van der Waals surface area (Å²) in [5.74, 6) is 2.20. The first-order valence-electron chi connectivity index (χ1n) is 9.04. The van der Waals surface area contributed by atoms with Crippen LogP contribution in [0.1, 0.15) is 15.9 Å². The average Bonchev–Trinajstić information content (AvgIpc) is 2.74. The van der Waals surface area contributed by atoms with Crippen LogP contribution in [0.5, 0.6) is 11.5 Å². The van der Waals surface area contributed by atoms with Crippen LogP contribution in [-0.4, -0.2) is 58.2 Å². The van der Waals surface area contributed by atoms with Gasteiger partial charge in [-0.3, -0.25) is 9.79 Å². The molecule has 2 N–H and O–H groups in total. The molecular weight excluding hydrogens is 483 g/mol. The summed E-state index contributed by atoms with van der Waals surface area (Å²) in [6, 6.07) is 14.9. The molecule has 0 saturated heterocycles. The van der Waals surface area contributed by atoms with Gasteiger partial charge in [-0.25, -0.2) is 0 Å². The lowest BCUT2D eigenvalue weighted by molar-refractivity contribution is 0.0954. The van der Waals surface area contributed by atoms with E-state index in [2.05, 4.69) is 15.6 Å². The molecule has 0 bridgehead atoms. The Bertz CT molecular complexity index is 780. The summed E-state index contributed by atoms with van der Waals surface area (Å²) in [6.45, 7) is 1.77. The normalized spacial score (nSPS) is 10.6. The minimum atomic E-state index is -0.119. The van der Waals surface area contributed by atoms with E-state index < -0.39 is 0 Å². The monoisotopic (exact) mass is 512 g/mol. The number of hydrogen-bond acceptors (Lipinski definition) is 4. The van der Waals surface area contributed by atoms with E-state index in [4.69, 9.17) is 9.47 Å². The van der Waals surface area contributed by atoms with Crippen LogP contribution in [0.2, 0.25) is 0 Å². The molecule has 0 unspecified atom stereocenters. The Morgan fingerprint density at radius 2 is 1.45 bits per heavy atom. The number of rotatable bonds is 8. The number of nitrogens with zero attached hydrogens (tertiary/aromatic N) is 2. The summed E-state index contributed by atoms with van der Waals surface area (Å²) >= 11 is 0. The van der Waals surface area contributed by atoms with E-state index in [0.29, 0.717) is 25.2 Å². The second kappa shape index (κ2) is 12.9. The Hall–Kier alpha value is -2.49. The van der Waals surface area contributed by atoms with Crippen molar-refractivity contribution < 1.29 is 14.3 Å². The highest BCUT2D eigenvalue weighted by Crippen LogP contribution is 2.13. The van der Waals surface area contributed by atoms with Gasteiger partial charge in [-0.05, 0) is 42.0 Å². The predicted octanol–water partition coefficient (Wildman–Crippen LogP) is 2.76. The maximum atomic E-state index is 12.2. The van der Waals surface area contributed by atoms with Crippen molar-refractivity contribution in [2.45, 2.75) is 6.54 Å². The Kier molecular flexibility index (Phi) is 10.9. The number of nitrogens with one attached hydrogen (secondary N) is 2. The third kappa shape index (κ3) is 7.80. The summed E-state index contributed by atoms with van der Waals surface area (Å²) in [6.07, 6.45) is 0. The maximum Gasteiger partial charge on any atom is 0.251 e. The molecule has 0 fully saturated rings. The topological polar surface area (TPSA) is 75.2 Å². The Labute approximate surface area is 189 Å². The summed E-state index contributed by atoms with van der Waals surface area (Å²) in [7, 11) is 6.96. The van der Waals surface area contributed by atoms with Crippen LogP contribution in [0.25, 0.3) is 0 Å². The zero-order valence-electron chi connectivity index (χ0n) is 17.3. The van der Waals surface area contributed by atoms with Crippen LogP contribution in [0.15, 0.2) is 53.5 Å². The SMILES string of the molecule is CN=C(NCCNC(=O)c1ccc(OC)cc1)N(C)Cc1ccc(OC)cc1.I. The number of halogens is 1. The second-order valence-electron chi connectivity index (χ2n) is 6.16. The Balaban J connectivity index is 0.00000420. The molecule has 0 aliphatic rings. The molecule has 7 nitrogen and oxygen atoms in total. The number of hydrogen-bond donors (Lipinski definition) is 2. The van der Waals surface area contributed by atoms with E-state index in [1.165, 1.54) is 0 Å². The molecule has 0 atom stereocenters. The lowest BCUT2D eigenvalue weighted by atomic mass is 10.2. The highest BCUT2D eigenvalue weighted by molar-refractivity contribution is 14.0. The number of carbonyl (C=O) groups excluding carboxylic acids is 1. The van der Waals surface area contributed by atoms with Gasteiger partial charge in [0.2, 0.25) is 0 Å². The fraction of sp³-hybridized carbons (Fsp3) is 0.333. The van der Waals surface area contributed by atoms with Gasteiger partial charge in [-0.2, -0.15) is 0 Å². The van der Waals surface area contributed by atoms with Crippen LogP contribution in [0.4, 0.5) is 0 Å². The van der Waals surface area contributed by atoms with E-state index in [1.54, 1.807) is 45.5 Å². The standard InChI is InChI=1S/C21H28N4O3.HI/c1-22-21(25(2)15-16-5-9-18(27-3)10-6-16)24-14-13-23-20(26)17-7-11-19(28-4)12-8-17;/h5-12H,13-15H2,1-4H3,(H,22,24)(H,23,26);1H. The third-order valence-electron chi connectivity index (χ3n) is 4.20. The van der Waals surface area contributed by atoms with Crippen LogP contribution in [0, 0.1) is 0 Å². The zero-order valence-corrected chi connectivity index (χ0v) is 19.6. The zero-order chi connectivity index (χ0) is 20.4. The number of ether oxygens (including phenoxy) is 2. The fourth-order valence-electron chi connectivity index (χ4n) is 2.66. The summed E-state index contributed by atoms with van der Waals surface area (Å²) in [5, 5.41) is 6.14. The van der Waals surface area contributed by atoms with Crippen molar-refractivity contribution in [3.63, 3.8) is 0 Å². The first-order chi connectivity index (χ1) is 13.6. The van der Waals surface area contributed by atoms with Crippen LogP contribution in [-0.2, 0) is 6.54 Å². The largest absolute Gasteiger partial charge is 0.497 e. The Morgan fingerprint density at radius 3 is 1.97 bits per heavy atom. The molecule has 0 saturated carbocycles. The van der Waals surface area contributed by atoms with Crippen LogP contribution < -0.4 is 20.1 Å². The molecule has 0 aromatic heterocycles. The van der Waals surface area contributed by atoms with Crippen molar-refractivity contribution in [2.24, 2.45) is 4.99 Å². The van der Waals surface area contributed by atoms with Crippen LogP contribution >= 0.6 is 24.0 Å². The first-order valence-corrected chi connectivity index (χ1v) is 9.04. The Morgan fingerprint density at radius 1 is 0.931 bits per heavy atom. The quantitative estimate of drug-likeness (QED) is 0.246. The van der Waals surface area contributed by atoms with Gasteiger partial charge < -0.3 is 25.0 Å². The third-order valence-corrected chi connectivity index (χ3v) is 4.20. The fourth-order valence-corrected chi connectivity index (χ4v) is 2.66. The second-order valence-corrected chi connectivity index (χ2v) is 6.16.